The van der Waals surface area contributed by atoms with Gasteiger partial charge in [-0.3, -0.25) is 4.68 Å². The van der Waals surface area contributed by atoms with E-state index < -0.39 is 0 Å². The van der Waals surface area contributed by atoms with Crippen molar-refractivity contribution in [2.45, 2.75) is 50.7 Å². The van der Waals surface area contributed by atoms with Crippen LogP contribution in [0.5, 0.6) is 0 Å². The maximum Gasteiger partial charge on any atom is 0.183 e. The Morgan fingerprint density at radius 1 is 1.14 bits per heavy atom. The highest BCUT2D eigenvalue weighted by molar-refractivity contribution is 5.44. The van der Waals surface area contributed by atoms with Gasteiger partial charge in [-0.15, -0.1) is 0 Å². The van der Waals surface area contributed by atoms with Crippen LogP contribution in [0.3, 0.4) is 0 Å². The molecule has 2 aromatic heterocycles. The van der Waals surface area contributed by atoms with Gasteiger partial charge in [0, 0.05) is 18.3 Å². The Morgan fingerprint density at radius 3 is 2.52 bits per heavy atom. The molecule has 2 aromatic rings. The quantitative estimate of drug-likeness (QED) is 0.851. The van der Waals surface area contributed by atoms with Crippen molar-refractivity contribution in [2.75, 3.05) is 4.90 Å². The molecule has 0 aromatic carbocycles. The van der Waals surface area contributed by atoms with Gasteiger partial charge in [0.05, 0.1) is 18.4 Å². The standard InChI is InChI=1S/C15H18FN5/c1-10-6-19-20(8-10)13-4-11-2-3-12(5-13)21(11)15-14(16)7-17-9-18-15/h6-9,11-13H,2-5H2,1H3. The first-order valence-corrected chi connectivity index (χ1v) is 7.47. The summed E-state index contributed by atoms with van der Waals surface area (Å²) in [5.74, 6) is 0.148. The van der Waals surface area contributed by atoms with E-state index in [0.29, 0.717) is 23.9 Å². The fraction of sp³-hybridized carbons (Fsp3) is 0.533. The summed E-state index contributed by atoms with van der Waals surface area (Å²) < 4.78 is 16.1. The maximum atomic E-state index is 14.0. The van der Waals surface area contributed by atoms with Crippen LogP contribution in [-0.2, 0) is 0 Å². The van der Waals surface area contributed by atoms with Crippen molar-refractivity contribution in [3.05, 3.63) is 36.3 Å². The van der Waals surface area contributed by atoms with Crippen molar-refractivity contribution in [3.63, 3.8) is 0 Å². The molecule has 0 aliphatic carbocycles. The van der Waals surface area contributed by atoms with Gasteiger partial charge < -0.3 is 4.90 Å². The van der Waals surface area contributed by atoms with Crippen LogP contribution in [-0.4, -0.2) is 31.8 Å². The Bertz CT molecular complexity index is 641. The Labute approximate surface area is 122 Å². The number of fused-ring (bicyclic) bond motifs is 2. The molecule has 0 spiro atoms. The number of aryl methyl sites for hydroxylation is 1. The predicted molar refractivity (Wildman–Crippen MR) is 76.5 cm³/mol. The van der Waals surface area contributed by atoms with Gasteiger partial charge in [-0.2, -0.15) is 5.10 Å². The van der Waals surface area contributed by atoms with Crippen molar-refractivity contribution < 1.29 is 4.39 Å². The molecule has 0 radical (unpaired) electrons. The van der Waals surface area contributed by atoms with Gasteiger partial charge in [0.2, 0.25) is 0 Å². The number of nitrogens with zero attached hydrogens (tertiary/aromatic N) is 5. The molecule has 2 unspecified atom stereocenters. The van der Waals surface area contributed by atoms with Gasteiger partial charge in [-0.1, -0.05) is 0 Å². The largest absolute Gasteiger partial charge is 0.348 e. The summed E-state index contributed by atoms with van der Waals surface area (Å²) in [5, 5.41) is 4.45. The first kappa shape index (κ1) is 12.7. The molecule has 2 aliphatic heterocycles. The fourth-order valence-corrected chi connectivity index (χ4v) is 3.84. The summed E-state index contributed by atoms with van der Waals surface area (Å²) in [7, 11) is 0. The van der Waals surface area contributed by atoms with E-state index in [1.807, 2.05) is 6.20 Å². The Morgan fingerprint density at radius 2 is 1.90 bits per heavy atom. The van der Waals surface area contributed by atoms with E-state index in [1.165, 1.54) is 18.1 Å². The zero-order chi connectivity index (χ0) is 14.4. The van der Waals surface area contributed by atoms with Gasteiger partial charge in [0.25, 0.3) is 0 Å². The van der Waals surface area contributed by atoms with Crippen LogP contribution in [0, 0.1) is 12.7 Å². The van der Waals surface area contributed by atoms with Crippen LogP contribution in [0.1, 0.15) is 37.3 Å². The number of anilines is 1. The minimum Gasteiger partial charge on any atom is -0.348 e. The number of rotatable bonds is 2. The van der Waals surface area contributed by atoms with E-state index in [0.717, 1.165) is 25.7 Å². The molecule has 2 fully saturated rings. The monoisotopic (exact) mass is 287 g/mol. The lowest BCUT2D eigenvalue weighted by molar-refractivity contribution is 0.311. The topological polar surface area (TPSA) is 46.8 Å². The number of hydrogen-bond donors (Lipinski definition) is 0. The van der Waals surface area contributed by atoms with Crippen molar-refractivity contribution in [3.8, 4) is 0 Å². The molecular formula is C15H18FN5. The second-order valence-corrected chi connectivity index (χ2v) is 6.11. The number of hydrogen-bond acceptors (Lipinski definition) is 4. The Hall–Kier alpha value is -1.98. The van der Waals surface area contributed by atoms with Crippen LogP contribution in [0.4, 0.5) is 10.2 Å². The van der Waals surface area contributed by atoms with E-state index >= 15 is 0 Å². The van der Waals surface area contributed by atoms with Crippen LogP contribution in [0.15, 0.2) is 24.9 Å². The second kappa shape index (κ2) is 4.79. The lowest BCUT2D eigenvalue weighted by Crippen LogP contribution is -2.44. The summed E-state index contributed by atoms with van der Waals surface area (Å²) in [6.07, 6.45) is 10.9. The number of piperidine rings is 1. The minimum atomic E-state index is -0.317. The van der Waals surface area contributed by atoms with E-state index in [-0.39, 0.29) is 5.82 Å². The average Bonchev–Trinajstić information content (AvgIpc) is 3.01. The van der Waals surface area contributed by atoms with Gasteiger partial charge in [0.15, 0.2) is 11.6 Å². The van der Waals surface area contributed by atoms with Gasteiger partial charge in [0.1, 0.15) is 6.33 Å². The van der Waals surface area contributed by atoms with E-state index in [9.17, 15) is 4.39 Å². The zero-order valence-electron chi connectivity index (χ0n) is 12.0. The molecule has 21 heavy (non-hydrogen) atoms. The summed E-state index contributed by atoms with van der Waals surface area (Å²) in [4.78, 5) is 10.1. The molecule has 5 nitrogen and oxygen atoms in total. The minimum absolute atomic E-state index is 0.317. The molecule has 2 bridgehead atoms. The second-order valence-electron chi connectivity index (χ2n) is 6.11. The normalized spacial score (nSPS) is 28.1. The summed E-state index contributed by atoms with van der Waals surface area (Å²) >= 11 is 0. The Kier molecular flexibility index (Phi) is 2.90. The van der Waals surface area contributed by atoms with Crippen molar-refractivity contribution in [1.82, 2.24) is 19.7 Å². The smallest absolute Gasteiger partial charge is 0.183 e. The Balaban J connectivity index is 1.61. The highest BCUT2D eigenvalue weighted by Crippen LogP contribution is 2.43. The third-order valence-corrected chi connectivity index (χ3v) is 4.71. The zero-order valence-corrected chi connectivity index (χ0v) is 12.0. The van der Waals surface area contributed by atoms with Crippen LogP contribution in [0.2, 0.25) is 0 Å². The average molecular weight is 287 g/mol. The molecule has 2 saturated heterocycles. The number of aromatic nitrogens is 4. The molecule has 110 valence electrons. The molecule has 0 saturated carbocycles. The SMILES string of the molecule is Cc1cnn(C2CC3CCC(C2)N3c2ncncc2F)c1. The molecule has 0 amide bonds. The van der Waals surface area contributed by atoms with Crippen LogP contribution < -0.4 is 4.90 Å². The maximum absolute atomic E-state index is 14.0. The van der Waals surface area contributed by atoms with Crippen molar-refractivity contribution >= 4 is 5.82 Å². The summed E-state index contributed by atoms with van der Waals surface area (Å²) in [6, 6.07) is 1.11. The summed E-state index contributed by atoms with van der Waals surface area (Å²) in [6.45, 7) is 2.06. The fourth-order valence-electron chi connectivity index (χ4n) is 3.84. The van der Waals surface area contributed by atoms with Crippen LogP contribution >= 0.6 is 0 Å². The number of halogens is 1. The van der Waals surface area contributed by atoms with Crippen molar-refractivity contribution in [2.24, 2.45) is 0 Å². The molecular weight excluding hydrogens is 269 g/mol. The van der Waals surface area contributed by atoms with E-state index in [1.54, 1.807) is 0 Å². The lowest BCUT2D eigenvalue weighted by atomic mass is 9.97. The molecule has 6 heteroatoms. The molecule has 4 heterocycles. The molecule has 0 N–H and O–H groups in total. The van der Waals surface area contributed by atoms with Gasteiger partial charge in [-0.05, 0) is 38.2 Å². The molecule has 4 rings (SSSR count). The van der Waals surface area contributed by atoms with Crippen LogP contribution in [0.25, 0.3) is 0 Å². The highest BCUT2D eigenvalue weighted by Gasteiger charge is 2.43. The van der Waals surface area contributed by atoms with Gasteiger partial charge in [-0.25, -0.2) is 14.4 Å². The first-order chi connectivity index (χ1) is 10.2. The van der Waals surface area contributed by atoms with Crippen molar-refractivity contribution in [1.29, 1.82) is 0 Å². The first-order valence-electron chi connectivity index (χ1n) is 7.47. The molecule has 2 atom stereocenters. The highest BCUT2D eigenvalue weighted by atomic mass is 19.1. The lowest BCUT2D eigenvalue weighted by Gasteiger charge is -2.39. The summed E-state index contributed by atoms with van der Waals surface area (Å²) in [5.41, 5.74) is 1.19. The third kappa shape index (κ3) is 2.09. The predicted octanol–water partition coefficient (Wildman–Crippen LogP) is 2.49. The van der Waals surface area contributed by atoms with E-state index in [2.05, 4.69) is 37.8 Å². The van der Waals surface area contributed by atoms with E-state index in [4.69, 9.17) is 0 Å². The van der Waals surface area contributed by atoms with Gasteiger partial charge >= 0.3 is 0 Å². The third-order valence-electron chi connectivity index (χ3n) is 4.71. The molecule has 2 aliphatic rings.